The summed E-state index contributed by atoms with van der Waals surface area (Å²) in [5, 5.41) is 2.01. The van der Waals surface area contributed by atoms with Crippen LogP contribution in [0.3, 0.4) is 0 Å². The molecule has 0 radical (unpaired) electrons. The molecule has 0 amide bonds. The van der Waals surface area contributed by atoms with Crippen LogP contribution in [-0.4, -0.2) is 24.9 Å². The van der Waals surface area contributed by atoms with Gasteiger partial charge in [0.2, 0.25) is 0 Å². The van der Waals surface area contributed by atoms with Crippen molar-refractivity contribution < 1.29 is 9.47 Å². The average Bonchev–Trinajstić information content (AvgIpc) is 2.42. The summed E-state index contributed by atoms with van der Waals surface area (Å²) in [5.74, 6) is 1.95. The Labute approximate surface area is 126 Å². The molecule has 1 aromatic rings. The Hall–Kier alpha value is -0.220. The van der Waals surface area contributed by atoms with E-state index < -0.39 is 0 Å². The van der Waals surface area contributed by atoms with Crippen LogP contribution in [0.5, 0.6) is 11.5 Å². The first-order valence-electron chi connectivity index (χ1n) is 6.12. The maximum Gasteiger partial charge on any atom is 0.122 e. The molecule has 0 heterocycles. The standard InChI is InChI=1S/C14H20Br2O2/c1-17-13-9-12(6-4-8-16)14(18-2)10-11(13)5-3-7-15/h9-10H,3-8H2,1-2H3. The first-order chi connectivity index (χ1) is 8.76. The predicted molar refractivity (Wildman–Crippen MR) is 83.8 cm³/mol. The molecule has 1 aromatic carbocycles. The van der Waals surface area contributed by atoms with Gasteiger partial charge >= 0.3 is 0 Å². The van der Waals surface area contributed by atoms with Gasteiger partial charge in [0.15, 0.2) is 0 Å². The summed E-state index contributed by atoms with van der Waals surface area (Å²) in [6.45, 7) is 0. The van der Waals surface area contributed by atoms with Crippen LogP contribution in [0.15, 0.2) is 12.1 Å². The van der Waals surface area contributed by atoms with Gasteiger partial charge in [-0.3, -0.25) is 0 Å². The molecule has 4 heteroatoms. The molecular weight excluding hydrogens is 360 g/mol. The zero-order chi connectivity index (χ0) is 13.4. The molecule has 0 aliphatic carbocycles. The van der Waals surface area contributed by atoms with Gasteiger partial charge in [0.1, 0.15) is 11.5 Å². The zero-order valence-electron chi connectivity index (χ0n) is 11.0. The van der Waals surface area contributed by atoms with Crippen molar-refractivity contribution >= 4 is 31.9 Å². The van der Waals surface area contributed by atoms with Gasteiger partial charge < -0.3 is 9.47 Å². The second-order valence-electron chi connectivity index (χ2n) is 4.06. The zero-order valence-corrected chi connectivity index (χ0v) is 14.1. The minimum absolute atomic E-state index is 0.973. The number of aryl methyl sites for hydroxylation is 2. The largest absolute Gasteiger partial charge is 0.496 e. The van der Waals surface area contributed by atoms with Crippen molar-refractivity contribution in [1.29, 1.82) is 0 Å². The van der Waals surface area contributed by atoms with Crippen molar-refractivity contribution in [2.24, 2.45) is 0 Å². The average molecular weight is 380 g/mol. The van der Waals surface area contributed by atoms with Crippen LogP contribution in [0.4, 0.5) is 0 Å². The van der Waals surface area contributed by atoms with Crippen LogP contribution in [0.25, 0.3) is 0 Å². The van der Waals surface area contributed by atoms with Gasteiger partial charge in [-0.05, 0) is 48.9 Å². The third-order valence-corrected chi connectivity index (χ3v) is 3.96. The normalized spacial score (nSPS) is 10.4. The highest BCUT2D eigenvalue weighted by Gasteiger charge is 2.10. The van der Waals surface area contributed by atoms with E-state index in [4.69, 9.17) is 9.47 Å². The molecule has 0 aliphatic rings. The highest BCUT2D eigenvalue weighted by molar-refractivity contribution is 9.09. The summed E-state index contributed by atoms with van der Waals surface area (Å²) in [5.41, 5.74) is 2.44. The number of benzene rings is 1. The fourth-order valence-electron chi connectivity index (χ4n) is 1.93. The van der Waals surface area contributed by atoms with Crippen LogP contribution >= 0.6 is 31.9 Å². The molecule has 0 spiro atoms. The highest BCUT2D eigenvalue weighted by atomic mass is 79.9. The quantitative estimate of drug-likeness (QED) is 0.624. The number of halogens is 2. The van der Waals surface area contributed by atoms with Crippen molar-refractivity contribution in [3.63, 3.8) is 0 Å². The van der Waals surface area contributed by atoms with E-state index in [9.17, 15) is 0 Å². The molecule has 102 valence electrons. The lowest BCUT2D eigenvalue weighted by atomic mass is 10.0. The number of hydrogen-bond acceptors (Lipinski definition) is 2. The van der Waals surface area contributed by atoms with Gasteiger partial charge in [0.05, 0.1) is 14.2 Å². The van der Waals surface area contributed by atoms with E-state index in [-0.39, 0.29) is 0 Å². The van der Waals surface area contributed by atoms with Crippen LogP contribution in [-0.2, 0) is 12.8 Å². The minimum Gasteiger partial charge on any atom is -0.496 e. The van der Waals surface area contributed by atoms with Crippen LogP contribution in [0, 0.1) is 0 Å². The topological polar surface area (TPSA) is 18.5 Å². The van der Waals surface area contributed by atoms with E-state index in [1.165, 1.54) is 11.1 Å². The molecule has 18 heavy (non-hydrogen) atoms. The Morgan fingerprint density at radius 2 is 1.22 bits per heavy atom. The monoisotopic (exact) mass is 378 g/mol. The van der Waals surface area contributed by atoms with Gasteiger partial charge in [-0.1, -0.05) is 31.9 Å². The summed E-state index contributed by atoms with van der Waals surface area (Å²) in [7, 11) is 3.46. The van der Waals surface area contributed by atoms with Gasteiger partial charge in [0, 0.05) is 10.7 Å². The van der Waals surface area contributed by atoms with Gasteiger partial charge in [-0.25, -0.2) is 0 Å². The van der Waals surface area contributed by atoms with Crippen molar-refractivity contribution in [3.05, 3.63) is 23.3 Å². The summed E-state index contributed by atoms with van der Waals surface area (Å²) in [4.78, 5) is 0. The lowest BCUT2D eigenvalue weighted by Gasteiger charge is -2.14. The van der Waals surface area contributed by atoms with E-state index >= 15 is 0 Å². The maximum atomic E-state index is 5.48. The molecule has 2 nitrogen and oxygen atoms in total. The van der Waals surface area contributed by atoms with Gasteiger partial charge in [-0.2, -0.15) is 0 Å². The second-order valence-corrected chi connectivity index (χ2v) is 5.65. The number of rotatable bonds is 8. The maximum absolute atomic E-state index is 5.48. The molecule has 0 saturated heterocycles. The number of alkyl halides is 2. The summed E-state index contributed by atoms with van der Waals surface area (Å²) < 4.78 is 11.0. The fraction of sp³-hybridized carbons (Fsp3) is 0.571. The molecule has 0 saturated carbocycles. The first kappa shape index (κ1) is 15.8. The summed E-state index contributed by atoms with van der Waals surface area (Å²) in [6.07, 6.45) is 4.20. The first-order valence-corrected chi connectivity index (χ1v) is 8.36. The predicted octanol–water partition coefficient (Wildman–Crippen LogP) is 4.36. The van der Waals surface area contributed by atoms with Crippen molar-refractivity contribution in [1.82, 2.24) is 0 Å². The molecule has 0 atom stereocenters. The SMILES string of the molecule is COc1cc(CCCBr)c(OC)cc1CCCBr. The van der Waals surface area contributed by atoms with E-state index in [2.05, 4.69) is 44.0 Å². The second kappa shape index (κ2) is 8.81. The Bertz CT molecular complexity index is 331. The highest BCUT2D eigenvalue weighted by Crippen LogP contribution is 2.30. The Balaban J connectivity index is 2.98. The Morgan fingerprint density at radius 1 is 0.833 bits per heavy atom. The summed E-state index contributed by atoms with van der Waals surface area (Å²) in [6, 6.07) is 4.23. The van der Waals surface area contributed by atoms with Crippen LogP contribution < -0.4 is 9.47 Å². The lowest BCUT2D eigenvalue weighted by molar-refractivity contribution is 0.394. The van der Waals surface area contributed by atoms with E-state index in [1.54, 1.807) is 14.2 Å². The van der Waals surface area contributed by atoms with E-state index in [0.29, 0.717) is 0 Å². The third kappa shape index (κ3) is 4.47. The lowest BCUT2D eigenvalue weighted by Crippen LogP contribution is -1.99. The molecule has 0 aliphatic heterocycles. The van der Waals surface area contributed by atoms with Crippen LogP contribution in [0.1, 0.15) is 24.0 Å². The Morgan fingerprint density at radius 3 is 1.50 bits per heavy atom. The minimum atomic E-state index is 0.973. The molecule has 0 unspecified atom stereocenters. The number of ether oxygens (including phenoxy) is 2. The smallest absolute Gasteiger partial charge is 0.122 e. The van der Waals surface area contributed by atoms with Crippen LogP contribution in [0.2, 0.25) is 0 Å². The van der Waals surface area contributed by atoms with Crippen molar-refractivity contribution in [2.45, 2.75) is 25.7 Å². The summed E-state index contributed by atoms with van der Waals surface area (Å²) >= 11 is 6.92. The number of hydrogen-bond donors (Lipinski definition) is 0. The molecular formula is C14H20Br2O2. The molecule has 0 N–H and O–H groups in total. The van der Waals surface area contributed by atoms with E-state index in [0.717, 1.165) is 47.8 Å². The van der Waals surface area contributed by atoms with Crippen molar-refractivity contribution in [3.8, 4) is 11.5 Å². The van der Waals surface area contributed by atoms with Crippen molar-refractivity contribution in [2.75, 3.05) is 24.9 Å². The van der Waals surface area contributed by atoms with Gasteiger partial charge in [0.25, 0.3) is 0 Å². The van der Waals surface area contributed by atoms with E-state index in [1.807, 2.05) is 0 Å². The van der Waals surface area contributed by atoms with Gasteiger partial charge in [-0.15, -0.1) is 0 Å². The molecule has 1 rings (SSSR count). The molecule has 0 aromatic heterocycles. The Kier molecular flexibility index (Phi) is 7.75. The molecule has 0 fully saturated rings. The molecule has 0 bridgehead atoms. The number of methoxy groups -OCH3 is 2. The third-order valence-electron chi connectivity index (χ3n) is 2.84. The fourth-order valence-corrected chi connectivity index (χ4v) is 2.49.